The molecule has 3 aromatic rings. The van der Waals surface area contributed by atoms with Crippen molar-refractivity contribution in [3.8, 4) is 11.1 Å². The first-order valence-corrected chi connectivity index (χ1v) is 6.39. The number of nitrogens with zero attached hydrogens (tertiary/aromatic N) is 2. The number of hydrogen-bond acceptors (Lipinski definition) is 2. The summed E-state index contributed by atoms with van der Waals surface area (Å²) in [4.78, 5) is 0. The predicted molar refractivity (Wildman–Crippen MR) is 70.3 cm³/mol. The molecule has 2 aromatic heterocycles. The summed E-state index contributed by atoms with van der Waals surface area (Å²) in [5.74, 6) is 0.657. The fraction of sp³-hybridized carbons (Fsp3) is 0.286. The average Bonchev–Trinajstić information content (AvgIpc) is 2.93. The Morgan fingerprint density at radius 2 is 1.89 bits per heavy atom. The maximum absolute atomic E-state index is 4.24. The number of nitrogens with one attached hydrogen (secondary N) is 2. The van der Waals surface area contributed by atoms with Crippen molar-refractivity contribution in [3.63, 3.8) is 0 Å². The molecule has 4 heteroatoms. The summed E-state index contributed by atoms with van der Waals surface area (Å²) in [7, 11) is 0. The molecule has 2 heterocycles. The first-order valence-electron chi connectivity index (χ1n) is 6.39. The number of benzene rings is 1. The fourth-order valence-electron chi connectivity index (χ4n) is 2.72. The van der Waals surface area contributed by atoms with Gasteiger partial charge in [-0.3, -0.25) is 10.2 Å². The van der Waals surface area contributed by atoms with E-state index in [0.717, 1.165) is 5.52 Å². The van der Waals surface area contributed by atoms with Gasteiger partial charge in [-0.15, -0.1) is 0 Å². The molecule has 90 valence electrons. The minimum absolute atomic E-state index is 0.657. The van der Waals surface area contributed by atoms with E-state index in [1.807, 2.05) is 12.4 Å². The van der Waals surface area contributed by atoms with Crippen molar-refractivity contribution in [2.75, 3.05) is 0 Å². The van der Waals surface area contributed by atoms with Crippen LogP contribution in [0.25, 0.3) is 22.0 Å². The van der Waals surface area contributed by atoms with Gasteiger partial charge in [0.2, 0.25) is 0 Å². The summed E-state index contributed by atoms with van der Waals surface area (Å²) >= 11 is 0. The molecule has 0 unspecified atom stereocenters. The molecule has 1 aromatic carbocycles. The number of H-pyrrole nitrogens is 2. The lowest BCUT2D eigenvalue weighted by molar-refractivity contribution is 0.411. The maximum Gasteiger partial charge on any atom is 0.0656 e. The zero-order valence-electron chi connectivity index (χ0n) is 9.98. The average molecular weight is 238 g/mol. The number of rotatable bonds is 2. The van der Waals surface area contributed by atoms with E-state index < -0.39 is 0 Å². The highest BCUT2D eigenvalue weighted by molar-refractivity contribution is 5.94. The van der Waals surface area contributed by atoms with Crippen LogP contribution in [-0.2, 0) is 0 Å². The predicted octanol–water partition coefficient (Wildman–Crippen LogP) is 3.22. The SMILES string of the molecule is c1cc(-c2cn[nH]c2C2CCC2)c2cn[nH]c2c1. The van der Waals surface area contributed by atoms with Gasteiger partial charge in [-0.05, 0) is 24.5 Å². The van der Waals surface area contributed by atoms with Crippen LogP contribution in [0.15, 0.2) is 30.6 Å². The van der Waals surface area contributed by atoms with Crippen LogP contribution in [0, 0.1) is 0 Å². The quantitative estimate of drug-likeness (QED) is 0.720. The Labute approximate surface area is 104 Å². The minimum Gasteiger partial charge on any atom is -0.282 e. The molecule has 4 rings (SSSR count). The van der Waals surface area contributed by atoms with Crippen molar-refractivity contribution in [2.45, 2.75) is 25.2 Å². The van der Waals surface area contributed by atoms with Crippen molar-refractivity contribution in [2.24, 2.45) is 0 Å². The van der Waals surface area contributed by atoms with Crippen LogP contribution in [0.4, 0.5) is 0 Å². The first-order chi connectivity index (χ1) is 8.93. The molecule has 18 heavy (non-hydrogen) atoms. The lowest BCUT2D eigenvalue weighted by Crippen LogP contribution is -2.10. The standard InChI is InChI=1S/C14H14N4/c1-3-9(4-1)14-12(8-16-18-14)10-5-2-6-13-11(10)7-15-17-13/h2,5-9H,1,3-4H2,(H,15,17)(H,16,18). The van der Waals surface area contributed by atoms with Gasteiger partial charge in [0.15, 0.2) is 0 Å². The molecule has 1 fully saturated rings. The topological polar surface area (TPSA) is 57.4 Å². The summed E-state index contributed by atoms with van der Waals surface area (Å²) in [6, 6.07) is 6.26. The smallest absolute Gasteiger partial charge is 0.0656 e. The minimum atomic E-state index is 0.657. The summed E-state index contributed by atoms with van der Waals surface area (Å²) in [5.41, 5.74) is 4.81. The van der Waals surface area contributed by atoms with E-state index in [4.69, 9.17) is 0 Å². The number of aromatic nitrogens is 4. The zero-order valence-corrected chi connectivity index (χ0v) is 9.98. The normalized spacial score (nSPS) is 16.0. The molecule has 1 aliphatic carbocycles. The van der Waals surface area contributed by atoms with Crippen LogP contribution in [0.5, 0.6) is 0 Å². The molecule has 0 atom stereocenters. The molecule has 0 aliphatic heterocycles. The van der Waals surface area contributed by atoms with Crippen molar-refractivity contribution in [3.05, 3.63) is 36.3 Å². The van der Waals surface area contributed by atoms with Crippen LogP contribution in [-0.4, -0.2) is 20.4 Å². The molecule has 0 amide bonds. The van der Waals surface area contributed by atoms with Gasteiger partial charge >= 0.3 is 0 Å². The van der Waals surface area contributed by atoms with Crippen molar-refractivity contribution < 1.29 is 0 Å². The van der Waals surface area contributed by atoms with Gasteiger partial charge in [-0.1, -0.05) is 18.6 Å². The van der Waals surface area contributed by atoms with E-state index in [2.05, 4.69) is 38.6 Å². The molecule has 1 saturated carbocycles. The summed E-state index contributed by atoms with van der Waals surface area (Å²) in [6.45, 7) is 0. The van der Waals surface area contributed by atoms with E-state index in [0.29, 0.717) is 5.92 Å². The number of hydrogen-bond donors (Lipinski definition) is 2. The highest BCUT2D eigenvalue weighted by Gasteiger charge is 2.24. The van der Waals surface area contributed by atoms with Crippen LogP contribution in [0.1, 0.15) is 30.9 Å². The Morgan fingerprint density at radius 1 is 1.00 bits per heavy atom. The van der Waals surface area contributed by atoms with E-state index in [1.165, 1.54) is 41.5 Å². The van der Waals surface area contributed by atoms with Gasteiger partial charge in [-0.2, -0.15) is 10.2 Å². The molecular weight excluding hydrogens is 224 g/mol. The van der Waals surface area contributed by atoms with Crippen LogP contribution < -0.4 is 0 Å². The van der Waals surface area contributed by atoms with Crippen molar-refractivity contribution >= 4 is 10.9 Å². The third kappa shape index (κ3) is 1.32. The monoisotopic (exact) mass is 238 g/mol. The Bertz CT molecular complexity index is 690. The highest BCUT2D eigenvalue weighted by atomic mass is 15.1. The second-order valence-corrected chi connectivity index (χ2v) is 4.96. The molecule has 1 aliphatic rings. The molecular formula is C14H14N4. The van der Waals surface area contributed by atoms with Gasteiger partial charge in [0.25, 0.3) is 0 Å². The van der Waals surface area contributed by atoms with Gasteiger partial charge < -0.3 is 0 Å². The largest absolute Gasteiger partial charge is 0.282 e. The maximum atomic E-state index is 4.24. The van der Waals surface area contributed by atoms with E-state index in [-0.39, 0.29) is 0 Å². The van der Waals surface area contributed by atoms with Gasteiger partial charge in [0, 0.05) is 22.6 Å². The molecule has 2 N–H and O–H groups in total. The van der Waals surface area contributed by atoms with Gasteiger partial charge in [-0.25, -0.2) is 0 Å². The lowest BCUT2D eigenvalue weighted by atomic mass is 9.80. The summed E-state index contributed by atoms with van der Waals surface area (Å²) in [5, 5.41) is 15.7. The van der Waals surface area contributed by atoms with Crippen LogP contribution in [0.3, 0.4) is 0 Å². The Hall–Kier alpha value is -2.10. The van der Waals surface area contributed by atoms with E-state index in [1.54, 1.807) is 0 Å². The number of fused-ring (bicyclic) bond motifs is 1. The summed E-state index contributed by atoms with van der Waals surface area (Å²) < 4.78 is 0. The van der Waals surface area contributed by atoms with E-state index >= 15 is 0 Å². The van der Waals surface area contributed by atoms with Crippen molar-refractivity contribution in [1.29, 1.82) is 0 Å². The Kier molecular flexibility index (Phi) is 2.03. The third-order valence-electron chi connectivity index (χ3n) is 3.96. The Balaban J connectivity index is 1.91. The first kappa shape index (κ1) is 9.88. The van der Waals surface area contributed by atoms with Crippen LogP contribution >= 0.6 is 0 Å². The van der Waals surface area contributed by atoms with Crippen molar-refractivity contribution in [1.82, 2.24) is 20.4 Å². The van der Waals surface area contributed by atoms with Gasteiger partial charge in [0.1, 0.15) is 0 Å². The lowest BCUT2D eigenvalue weighted by Gasteiger charge is -2.25. The van der Waals surface area contributed by atoms with Gasteiger partial charge in [0.05, 0.1) is 17.9 Å². The zero-order chi connectivity index (χ0) is 11.9. The molecule has 4 nitrogen and oxygen atoms in total. The summed E-state index contributed by atoms with van der Waals surface area (Å²) in [6.07, 6.45) is 7.71. The molecule has 0 bridgehead atoms. The van der Waals surface area contributed by atoms with E-state index in [9.17, 15) is 0 Å². The molecule has 0 saturated heterocycles. The second kappa shape index (κ2) is 3.70. The molecule has 0 radical (unpaired) electrons. The fourth-order valence-corrected chi connectivity index (χ4v) is 2.72. The van der Waals surface area contributed by atoms with Crippen LogP contribution in [0.2, 0.25) is 0 Å². The Morgan fingerprint density at radius 3 is 2.72 bits per heavy atom. The second-order valence-electron chi connectivity index (χ2n) is 4.96. The highest BCUT2D eigenvalue weighted by Crippen LogP contribution is 2.41. The third-order valence-corrected chi connectivity index (χ3v) is 3.96. The molecule has 0 spiro atoms. The number of aromatic amines is 2.